The highest BCUT2D eigenvalue weighted by atomic mass is 32.2. The smallest absolute Gasteiger partial charge is 0.243 e. The second-order valence-electron chi connectivity index (χ2n) is 7.38. The molecule has 156 valence electrons. The molecule has 0 unspecified atom stereocenters. The molecule has 1 amide bonds. The molecule has 1 fully saturated rings. The summed E-state index contributed by atoms with van der Waals surface area (Å²) in [7, 11) is -3.61. The molecule has 1 N–H and O–H groups in total. The van der Waals surface area contributed by atoms with E-state index in [1.165, 1.54) is 15.4 Å². The summed E-state index contributed by atoms with van der Waals surface area (Å²) in [6.07, 6.45) is 1.95. The van der Waals surface area contributed by atoms with Crippen molar-refractivity contribution in [1.29, 1.82) is 0 Å². The summed E-state index contributed by atoms with van der Waals surface area (Å²) in [6, 6.07) is 13.3. The minimum absolute atomic E-state index is 0.115. The number of nitrogens with zero attached hydrogens (tertiary/aromatic N) is 1. The first-order chi connectivity index (χ1) is 13.9. The van der Waals surface area contributed by atoms with Crippen molar-refractivity contribution < 1.29 is 17.9 Å². The maximum atomic E-state index is 13.0. The Morgan fingerprint density at radius 1 is 1.07 bits per heavy atom. The largest absolute Gasteiger partial charge is 0.379 e. The van der Waals surface area contributed by atoms with Crippen molar-refractivity contribution in [2.24, 2.45) is 0 Å². The number of hydrogen-bond donors (Lipinski definition) is 1. The molecule has 1 aliphatic heterocycles. The third kappa shape index (κ3) is 5.65. The molecule has 1 heterocycles. The van der Waals surface area contributed by atoms with Crippen LogP contribution in [-0.4, -0.2) is 44.9 Å². The van der Waals surface area contributed by atoms with Crippen LogP contribution < -0.4 is 5.32 Å². The zero-order valence-corrected chi connectivity index (χ0v) is 17.8. The summed E-state index contributed by atoms with van der Waals surface area (Å²) in [4.78, 5) is 12.6. The van der Waals surface area contributed by atoms with E-state index in [1.54, 1.807) is 25.1 Å². The Morgan fingerprint density at radius 2 is 1.76 bits per heavy atom. The van der Waals surface area contributed by atoms with E-state index in [9.17, 15) is 13.2 Å². The number of aryl methyl sites for hydroxylation is 3. The van der Waals surface area contributed by atoms with E-state index in [0.717, 1.165) is 12.8 Å². The number of amides is 1. The molecule has 0 aromatic heterocycles. The molecule has 0 spiro atoms. The van der Waals surface area contributed by atoms with Crippen LogP contribution in [0.4, 0.5) is 5.69 Å². The van der Waals surface area contributed by atoms with Gasteiger partial charge in [-0.1, -0.05) is 35.9 Å². The molecular weight excluding hydrogens is 388 g/mol. The molecule has 1 aliphatic rings. The number of nitrogens with one attached hydrogen (secondary N) is 1. The average Bonchev–Trinajstić information content (AvgIpc) is 2.71. The lowest BCUT2D eigenvalue weighted by molar-refractivity contribution is -0.116. The predicted molar refractivity (Wildman–Crippen MR) is 114 cm³/mol. The van der Waals surface area contributed by atoms with Crippen molar-refractivity contribution in [2.45, 2.75) is 38.0 Å². The SMILES string of the molecule is Cc1ccc(CCCC(=O)Nc2ccc(C)c(S(=O)(=O)N3CCOCC3)c2)cc1. The number of hydrogen-bond acceptors (Lipinski definition) is 4. The third-order valence-electron chi connectivity index (χ3n) is 5.05. The van der Waals surface area contributed by atoms with Gasteiger partial charge in [-0.25, -0.2) is 8.42 Å². The number of ether oxygens (including phenoxy) is 1. The molecule has 7 heteroatoms. The van der Waals surface area contributed by atoms with Gasteiger partial charge >= 0.3 is 0 Å². The molecule has 0 bridgehead atoms. The number of carbonyl (C=O) groups excluding carboxylic acids is 1. The molecule has 29 heavy (non-hydrogen) atoms. The number of carbonyl (C=O) groups is 1. The van der Waals surface area contributed by atoms with E-state index < -0.39 is 10.0 Å². The van der Waals surface area contributed by atoms with Crippen molar-refractivity contribution in [1.82, 2.24) is 4.31 Å². The third-order valence-corrected chi connectivity index (χ3v) is 7.09. The highest BCUT2D eigenvalue weighted by molar-refractivity contribution is 7.89. The number of sulfonamides is 1. The molecule has 0 atom stereocenters. The Labute approximate surface area is 172 Å². The van der Waals surface area contributed by atoms with Crippen molar-refractivity contribution in [2.75, 3.05) is 31.6 Å². The summed E-state index contributed by atoms with van der Waals surface area (Å²) in [6.45, 7) is 5.30. The summed E-state index contributed by atoms with van der Waals surface area (Å²) < 4.78 is 32.6. The van der Waals surface area contributed by atoms with Gasteiger partial charge in [0.1, 0.15) is 0 Å². The van der Waals surface area contributed by atoms with Crippen molar-refractivity contribution >= 4 is 21.6 Å². The van der Waals surface area contributed by atoms with Crippen LogP contribution in [0.3, 0.4) is 0 Å². The first kappa shape index (κ1) is 21.5. The van der Waals surface area contributed by atoms with Gasteiger partial charge in [0.2, 0.25) is 15.9 Å². The summed E-state index contributed by atoms with van der Waals surface area (Å²) in [5.74, 6) is -0.115. The zero-order valence-electron chi connectivity index (χ0n) is 17.0. The van der Waals surface area contributed by atoms with Crippen LogP contribution in [-0.2, 0) is 26.0 Å². The molecule has 0 saturated carbocycles. The summed E-state index contributed by atoms with van der Waals surface area (Å²) in [5.41, 5.74) is 3.59. The van der Waals surface area contributed by atoms with Crippen LogP contribution in [0.2, 0.25) is 0 Å². The first-order valence-corrected chi connectivity index (χ1v) is 11.3. The number of morpholine rings is 1. The minimum Gasteiger partial charge on any atom is -0.379 e. The fourth-order valence-electron chi connectivity index (χ4n) is 3.31. The van der Waals surface area contributed by atoms with E-state index >= 15 is 0 Å². The van der Waals surface area contributed by atoms with E-state index in [2.05, 4.69) is 29.6 Å². The minimum atomic E-state index is -3.61. The monoisotopic (exact) mass is 416 g/mol. The topological polar surface area (TPSA) is 75.7 Å². The lowest BCUT2D eigenvalue weighted by atomic mass is 10.1. The molecule has 2 aromatic rings. The first-order valence-electron chi connectivity index (χ1n) is 9.90. The second kappa shape index (κ2) is 9.52. The molecule has 2 aromatic carbocycles. The maximum absolute atomic E-state index is 13.0. The zero-order chi connectivity index (χ0) is 20.9. The van der Waals surface area contributed by atoms with Gasteiger partial charge in [0.05, 0.1) is 18.1 Å². The van der Waals surface area contributed by atoms with Gasteiger partial charge in [-0.15, -0.1) is 0 Å². The van der Waals surface area contributed by atoms with Gasteiger partial charge in [-0.05, 0) is 49.9 Å². The number of anilines is 1. The van der Waals surface area contributed by atoms with Crippen molar-refractivity contribution in [3.8, 4) is 0 Å². The van der Waals surface area contributed by atoms with Crippen LogP contribution in [0, 0.1) is 13.8 Å². The van der Waals surface area contributed by atoms with Gasteiger partial charge in [0.15, 0.2) is 0 Å². The molecule has 0 aliphatic carbocycles. The highest BCUT2D eigenvalue weighted by Crippen LogP contribution is 2.24. The van der Waals surface area contributed by atoms with E-state index in [-0.39, 0.29) is 10.8 Å². The van der Waals surface area contributed by atoms with Gasteiger partial charge in [0.25, 0.3) is 0 Å². The molecular formula is C22H28N2O4S. The fraction of sp³-hybridized carbons (Fsp3) is 0.409. The lowest BCUT2D eigenvalue weighted by Gasteiger charge is -2.26. The summed E-state index contributed by atoms with van der Waals surface area (Å²) >= 11 is 0. The molecule has 0 radical (unpaired) electrons. The summed E-state index contributed by atoms with van der Waals surface area (Å²) in [5, 5.41) is 2.83. The standard InChI is InChI=1S/C22H28N2O4S/c1-17-6-9-19(10-7-17)4-3-5-22(25)23-20-11-8-18(2)21(16-20)29(26,27)24-12-14-28-15-13-24/h6-11,16H,3-5,12-15H2,1-2H3,(H,23,25). The fourth-order valence-corrected chi connectivity index (χ4v) is 4.97. The van der Waals surface area contributed by atoms with Gasteiger partial charge < -0.3 is 10.1 Å². The normalized spacial score (nSPS) is 15.2. The second-order valence-corrected chi connectivity index (χ2v) is 9.29. The van der Waals surface area contributed by atoms with Crippen LogP contribution in [0.1, 0.15) is 29.5 Å². The Hall–Kier alpha value is -2.22. The molecule has 3 rings (SSSR count). The van der Waals surface area contributed by atoms with Gasteiger partial charge in [0, 0.05) is 25.2 Å². The quantitative estimate of drug-likeness (QED) is 0.752. The van der Waals surface area contributed by atoms with Crippen LogP contribution in [0.25, 0.3) is 0 Å². The molecule has 6 nitrogen and oxygen atoms in total. The Balaban J connectivity index is 1.61. The van der Waals surface area contributed by atoms with Crippen molar-refractivity contribution in [3.05, 3.63) is 59.2 Å². The van der Waals surface area contributed by atoms with Gasteiger partial charge in [-0.3, -0.25) is 4.79 Å². The Morgan fingerprint density at radius 3 is 2.45 bits per heavy atom. The van der Waals surface area contributed by atoms with E-state index in [0.29, 0.717) is 44.0 Å². The van der Waals surface area contributed by atoms with E-state index in [4.69, 9.17) is 4.74 Å². The number of benzene rings is 2. The average molecular weight is 417 g/mol. The van der Waals surface area contributed by atoms with Crippen LogP contribution >= 0.6 is 0 Å². The van der Waals surface area contributed by atoms with Crippen LogP contribution in [0.15, 0.2) is 47.4 Å². The van der Waals surface area contributed by atoms with Gasteiger partial charge in [-0.2, -0.15) is 4.31 Å². The maximum Gasteiger partial charge on any atom is 0.243 e. The van der Waals surface area contributed by atoms with E-state index in [1.807, 2.05) is 6.92 Å². The lowest BCUT2D eigenvalue weighted by Crippen LogP contribution is -2.40. The predicted octanol–water partition coefficient (Wildman–Crippen LogP) is 3.29. The van der Waals surface area contributed by atoms with Crippen LogP contribution in [0.5, 0.6) is 0 Å². The highest BCUT2D eigenvalue weighted by Gasteiger charge is 2.28. The Kier molecular flexibility index (Phi) is 7.05. The number of rotatable bonds is 7. The van der Waals surface area contributed by atoms with Crippen molar-refractivity contribution in [3.63, 3.8) is 0 Å². The molecule has 1 saturated heterocycles. The Bertz CT molecular complexity index is 949.